The van der Waals surface area contributed by atoms with E-state index in [0.29, 0.717) is 23.2 Å². The van der Waals surface area contributed by atoms with Gasteiger partial charge in [0, 0.05) is 10.4 Å². The smallest absolute Gasteiger partial charge is 0.291 e. The fourth-order valence-electron chi connectivity index (χ4n) is 2.36. The fraction of sp³-hybridized carbons (Fsp3) is 0.0556. The highest BCUT2D eigenvalue weighted by Crippen LogP contribution is 2.21. The summed E-state index contributed by atoms with van der Waals surface area (Å²) in [6.45, 7) is 0.600. The van der Waals surface area contributed by atoms with Gasteiger partial charge in [0.25, 0.3) is 5.91 Å². The number of nitrogens with one attached hydrogen (secondary N) is 1. The van der Waals surface area contributed by atoms with Gasteiger partial charge in [-0.3, -0.25) is 4.79 Å². The zero-order valence-electron chi connectivity index (χ0n) is 13.1. The first-order valence-electron chi connectivity index (χ1n) is 7.68. The summed E-state index contributed by atoms with van der Waals surface area (Å²) < 4.78 is 1.35. The summed E-state index contributed by atoms with van der Waals surface area (Å²) in [5.41, 5.74) is 0.874. The maximum Gasteiger partial charge on any atom is 0.291 e. The molecule has 5 nitrogen and oxygen atoms in total. The van der Waals surface area contributed by atoms with Crippen LogP contribution in [0, 0.1) is 0 Å². The van der Waals surface area contributed by atoms with E-state index in [1.165, 1.54) is 20.9 Å². The van der Waals surface area contributed by atoms with Crippen molar-refractivity contribution in [1.29, 1.82) is 0 Å². The molecule has 3 aromatic heterocycles. The van der Waals surface area contributed by atoms with Crippen LogP contribution in [-0.2, 0) is 6.54 Å². The second-order valence-corrected chi connectivity index (χ2v) is 7.23. The van der Waals surface area contributed by atoms with Crippen LogP contribution in [0.25, 0.3) is 11.4 Å². The number of thiophene rings is 2. The number of anilines is 1. The number of rotatable bonds is 5. The Morgan fingerprint density at radius 2 is 1.80 bits per heavy atom. The minimum absolute atomic E-state index is 0.182. The van der Waals surface area contributed by atoms with Crippen molar-refractivity contribution in [3.8, 4) is 11.4 Å². The molecular weight excluding hydrogens is 352 g/mol. The maximum absolute atomic E-state index is 12.8. The number of hydrogen-bond acceptors (Lipinski definition) is 6. The first kappa shape index (κ1) is 15.7. The minimum Gasteiger partial charge on any atom is -0.349 e. The molecule has 0 aliphatic rings. The van der Waals surface area contributed by atoms with Crippen LogP contribution in [0.4, 0.5) is 5.95 Å². The van der Waals surface area contributed by atoms with Crippen LogP contribution in [-0.4, -0.2) is 20.7 Å². The van der Waals surface area contributed by atoms with E-state index < -0.39 is 0 Å². The fourth-order valence-corrected chi connectivity index (χ4v) is 3.65. The average Bonchev–Trinajstić information content (AvgIpc) is 3.41. The number of hydrogen-bond donors (Lipinski definition) is 1. The van der Waals surface area contributed by atoms with Crippen LogP contribution in [0.2, 0.25) is 0 Å². The summed E-state index contributed by atoms with van der Waals surface area (Å²) in [6.07, 6.45) is 0. The van der Waals surface area contributed by atoms with Crippen molar-refractivity contribution < 1.29 is 4.79 Å². The Bertz CT molecular complexity index is 960. The molecule has 25 heavy (non-hydrogen) atoms. The van der Waals surface area contributed by atoms with Crippen LogP contribution in [0.15, 0.2) is 65.4 Å². The highest BCUT2D eigenvalue weighted by molar-refractivity contribution is 7.12. The molecule has 0 aliphatic carbocycles. The van der Waals surface area contributed by atoms with E-state index >= 15 is 0 Å². The molecule has 124 valence electrons. The van der Waals surface area contributed by atoms with Crippen molar-refractivity contribution in [2.45, 2.75) is 6.54 Å². The van der Waals surface area contributed by atoms with E-state index in [0.717, 1.165) is 5.56 Å². The van der Waals surface area contributed by atoms with Crippen molar-refractivity contribution in [3.63, 3.8) is 0 Å². The van der Waals surface area contributed by atoms with Gasteiger partial charge < -0.3 is 5.32 Å². The number of carbonyl (C=O) groups is 1. The van der Waals surface area contributed by atoms with Gasteiger partial charge in [-0.05, 0) is 22.9 Å². The molecule has 1 N–H and O–H groups in total. The molecule has 0 radical (unpaired) electrons. The predicted octanol–water partition coefficient (Wildman–Crippen LogP) is 4.37. The second kappa shape index (κ2) is 7.00. The third-order valence-corrected chi connectivity index (χ3v) is 5.30. The molecule has 1 aromatic carbocycles. The third-order valence-electron chi connectivity index (χ3n) is 3.56. The lowest BCUT2D eigenvalue weighted by Crippen LogP contribution is -2.16. The second-order valence-electron chi connectivity index (χ2n) is 5.25. The van der Waals surface area contributed by atoms with E-state index in [4.69, 9.17) is 0 Å². The summed E-state index contributed by atoms with van der Waals surface area (Å²) in [5.74, 6) is 0.795. The first-order valence-corrected chi connectivity index (χ1v) is 9.44. The van der Waals surface area contributed by atoms with E-state index in [1.54, 1.807) is 17.4 Å². The van der Waals surface area contributed by atoms with Crippen molar-refractivity contribution in [2.75, 3.05) is 5.32 Å². The lowest BCUT2D eigenvalue weighted by Gasteiger charge is -2.04. The topological polar surface area (TPSA) is 59.8 Å². The number of aromatic nitrogens is 3. The average molecular weight is 366 g/mol. The highest BCUT2D eigenvalue weighted by atomic mass is 32.1. The number of carbonyl (C=O) groups excluding carboxylic acids is 1. The molecule has 0 aliphatic heterocycles. The summed E-state index contributed by atoms with van der Waals surface area (Å²) in [7, 11) is 0. The normalized spacial score (nSPS) is 10.7. The summed E-state index contributed by atoms with van der Waals surface area (Å²) >= 11 is 3.05. The first-order chi connectivity index (χ1) is 12.3. The third kappa shape index (κ3) is 3.38. The quantitative estimate of drug-likeness (QED) is 0.570. The van der Waals surface area contributed by atoms with Crippen LogP contribution in [0.5, 0.6) is 0 Å². The highest BCUT2D eigenvalue weighted by Gasteiger charge is 2.19. The Hall–Kier alpha value is -2.77. The Balaban J connectivity index is 1.69. The van der Waals surface area contributed by atoms with Crippen LogP contribution >= 0.6 is 22.7 Å². The lowest BCUT2D eigenvalue weighted by molar-refractivity contribution is 0.0951. The molecule has 3 heterocycles. The van der Waals surface area contributed by atoms with Gasteiger partial charge in [-0.15, -0.1) is 27.8 Å². The maximum atomic E-state index is 12.8. The van der Waals surface area contributed by atoms with Crippen molar-refractivity contribution in [1.82, 2.24) is 14.8 Å². The van der Waals surface area contributed by atoms with E-state index in [2.05, 4.69) is 15.4 Å². The lowest BCUT2D eigenvalue weighted by atomic mass is 10.2. The molecule has 4 rings (SSSR count). The molecular formula is C18H14N4OS2. The molecule has 0 amide bonds. The van der Waals surface area contributed by atoms with E-state index in [1.807, 2.05) is 59.3 Å². The molecule has 4 aromatic rings. The molecule has 7 heteroatoms. The zero-order valence-corrected chi connectivity index (χ0v) is 14.8. The Kier molecular flexibility index (Phi) is 4.41. The van der Waals surface area contributed by atoms with Crippen LogP contribution < -0.4 is 5.32 Å². The van der Waals surface area contributed by atoms with Gasteiger partial charge in [-0.1, -0.05) is 42.5 Å². The van der Waals surface area contributed by atoms with Crippen LogP contribution in [0.3, 0.4) is 0 Å². The molecule has 0 saturated heterocycles. The molecule has 0 bridgehead atoms. The summed E-state index contributed by atoms with van der Waals surface area (Å²) in [5, 5.41) is 11.6. The van der Waals surface area contributed by atoms with Gasteiger partial charge >= 0.3 is 0 Å². The van der Waals surface area contributed by atoms with Crippen molar-refractivity contribution in [3.05, 3.63) is 75.1 Å². The van der Waals surface area contributed by atoms with Crippen molar-refractivity contribution >= 4 is 34.5 Å². The summed E-state index contributed by atoms with van der Waals surface area (Å²) in [4.78, 5) is 19.1. The van der Waals surface area contributed by atoms with Crippen molar-refractivity contribution in [2.24, 2.45) is 0 Å². The Morgan fingerprint density at radius 3 is 2.52 bits per heavy atom. The standard InChI is InChI=1S/C18H14N4OS2/c23-17(15-9-5-11-25-15)22-18(19-12-14-8-4-10-24-14)20-16(21-22)13-6-2-1-3-7-13/h1-11H,12H2,(H,19,20,21). The van der Waals surface area contributed by atoms with Gasteiger partial charge in [-0.25, -0.2) is 0 Å². The Morgan fingerprint density at radius 1 is 1.00 bits per heavy atom. The van der Waals surface area contributed by atoms with Gasteiger partial charge in [0.2, 0.25) is 5.95 Å². The minimum atomic E-state index is -0.182. The van der Waals surface area contributed by atoms with E-state index in [9.17, 15) is 4.79 Å². The van der Waals surface area contributed by atoms with Gasteiger partial charge in [0.1, 0.15) is 0 Å². The molecule has 0 unspecified atom stereocenters. The summed E-state index contributed by atoms with van der Waals surface area (Å²) in [6, 6.07) is 17.3. The van der Waals surface area contributed by atoms with E-state index in [-0.39, 0.29) is 5.91 Å². The molecule has 0 spiro atoms. The Labute approximate surface area is 152 Å². The molecule has 0 fully saturated rings. The zero-order chi connectivity index (χ0) is 17.1. The SMILES string of the molecule is O=C(c1cccs1)n1nc(-c2ccccc2)nc1NCc1cccs1. The molecule has 0 atom stereocenters. The van der Waals surface area contributed by atoms with Crippen LogP contribution in [0.1, 0.15) is 14.5 Å². The van der Waals surface area contributed by atoms with Gasteiger partial charge in [-0.2, -0.15) is 9.67 Å². The largest absolute Gasteiger partial charge is 0.349 e. The van der Waals surface area contributed by atoms with Gasteiger partial charge in [0.15, 0.2) is 5.82 Å². The predicted molar refractivity (Wildman–Crippen MR) is 101 cm³/mol. The molecule has 0 saturated carbocycles. The monoisotopic (exact) mass is 366 g/mol. The van der Waals surface area contributed by atoms with Gasteiger partial charge in [0.05, 0.1) is 11.4 Å². The number of nitrogens with zero attached hydrogens (tertiary/aromatic N) is 3. The number of benzene rings is 1.